The topological polar surface area (TPSA) is 258 Å². The van der Waals surface area contributed by atoms with Crippen LogP contribution in [0.2, 0.25) is 0 Å². The highest BCUT2D eigenvalue weighted by Crippen LogP contribution is 2.59. The molecule has 68 heavy (non-hydrogen) atoms. The Balaban J connectivity index is 0.951. The third-order valence-corrected chi connectivity index (χ3v) is 15.4. The second-order valence-electron chi connectivity index (χ2n) is 17.1. The van der Waals surface area contributed by atoms with Gasteiger partial charge in [-0.2, -0.15) is 10.5 Å². The van der Waals surface area contributed by atoms with Crippen molar-refractivity contribution < 1.29 is 76.3 Å². The van der Waals surface area contributed by atoms with Gasteiger partial charge >= 0.3 is 47.8 Å². The maximum Gasteiger partial charge on any atom is 0.333 e. The van der Waals surface area contributed by atoms with Crippen LogP contribution in [0.5, 0.6) is 11.5 Å². The van der Waals surface area contributed by atoms with Gasteiger partial charge in [0.05, 0.1) is 49.5 Å². The number of esters is 8. The van der Waals surface area contributed by atoms with Gasteiger partial charge in [-0.05, 0) is 115 Å². The fourth-order valence-electron chi connectivity index (χ4n) is 8.82. The van der Waals surface area contributed by atoms with Gasteiger partial charge in [0.25, 0.3) is 0 Å². The predicted molar refractivity (Wildman–Crippen MR) is 237 cm³/mol. The number of nitrogens with zero attached hydrogens (tertiary/aromatic N) is 2. The summed E-state index contributed by atoms with van der Waals surface area (Å²) in [5.74, 6) is -6.25. The van der Waals surface area contributed by atoms with Crippen LogP contribution in [0.3, 0.4) is 0 Å². The first-order chi connectivity index (χ1) is 32.8. The monoisotopic (exact) mass is 976 g/mol. The minimum Gasteiger partial charge on any atom is -0.462 e. The number of carbonyl (C=O) groups excluding carboxylic acids is 8. The van der Waals surface area contributed by atoms with E-state index in [1.54, 1.807) is 0 Å². The van der Waals surface area contributed by atoms with Gasteiger partial charge in [-0.1, -0.05) is 36.7 Å². The summed E-state index contributed by atoms with van der Waals surface area (Å²) in [6.07, 6.45) is 8.07. The van der Waals surface area contributed by atoms with Crippen molar-refractivity contribution in [1.29, 1.82) is 10.5 Å². The number of hydrogen-bond acceptors (Lipinski definition) is 20. The van der Waals surface area contributed by atoms with Crippen LogP contribution in [0, 0.1) is 58.2 Å². The van der Waals surface area contributed by atoms with E-state index < -0.39 is 73.1 Å². The summed E-state index contributed by atoms with van der Waals surface area (Å²) in [5, 5.41) is 19.3. The van der Waals surface area contributed by atoms with Gasteiger partial charge in [-0.25, -0.2) is 9.59 Å². The van der Waals surface area contributed by atoms with Crippen LogP contribution in [0.4, 0.5) is 0 Å². The van der Waals surface area contributed by atoms with E-state index in [4.69, 9.17) is 37.9 Å². The number of ether oxygens (including phenoxy) is 8. The quantitative estimate of drug-likeness (QED) is 0.0395. The van der Waals surface area contributed by atoms with E-state index in [-0.39, 0.29) is 53.1 Å². The molecule has 362 valence electrons. The van der Waals surface area contributed by atoms with Gasteiger partial charge in [0.2, 0.25) is 13.6 Å². The first-order valence-corrected chi connectivity index (χ1v) is 24.3. The molecule has 1 aromatic carbocycles. The largest absolute Gasteiger partial charge is 0.462 e. The second-order valence-corrected chi connectivity index (χ2v) is 19.4. The molecule has 0 spiro atoms. The molecule has 4 fully saturated rings. The summed E-state index contributed by atoms with van der Waals surface area (Å²) in [7, 11) is 0. The summed E-state index contributed by atoms with van der Waals surface area (Å²) in [6, 6.07) is 6.80. The Hall–Kier alpha value is -6.12. The molecule has 0 atom stereocenters. The molecule has 0 radical (unpaired) electrons. The molecular weight excluding hydrogens is 925 g/mol. The van der Waals surface area contributed by atoms with Gasteiger partial charge in [0, 0.05) is 12.2 Å². The van der Waals surface area contributed by atoms with E-state index in [1.165, 1.54) is 12.1 Å². The number of allylic oxidation sites excluding steroid dienone is 1. The van der Waals surface area contributed by atoms with E-state index in [0.29, 0.717) is 117 Å². The molecule has 0 N–H and O–H groups in total. The molecule has 0 bridgehead atoms. The predicted octanol–water partition coefficient (Wildman–Crippen LogP) is 7.23. The van der Waals surface area contributed by atoms with Crippen molar-refractivity contribution in [2.24, 2.45) is 35.5 Å². The highest BCUT2D eigenvalue weighted by atomic mass is 32.2. The van der Waals surface area contributed by atoms with Gasteiger partial charge in [0.1, 0.15) is 41.4 Å². The Morgan fingerprint density at radius 1 is 0.485 bits per heavy atom. The van der Waals surface area contributed by atoms with Crippen LogP contribution in [0.1, 0.15) is 103 Å². The standard InChI is InChI=1S/C48H52N2O16S2/c1-3-38(51)59-25-61-42(53)27-5-9-29(10-6-27)44(55)63-34-17-13-31(14-18-34)46(57)65-36-21-22-37(41-40(36)67-48(68-41)33(23-49)24-50)66-47(58)32-15-19-35(20-16-32)64-45(56)30-11-7-28(8-12-30)43(54)62-26-60-39(52)4-2/h3-4,21-22,27-32,34-35H,1-2,5-20,25-26H2. The van der Waals surface area contributed by atoms with Crippen LogP contribution < -0.4 is 9.47 Å². The molecule has 18 nitrogen and oxygen atoms in total. The van der Waals surface area contributed by atoms with Crippen molar-refractivity contribution in [3.8, 4) is 23.6 Å². The van der Waals surface area contributed by atoms with Crippen LogP contribution in [-0.2, 0) is 66.8 Å². The fourth-order valence-corrected chi connectivity index (χ4v) is 11.3. The SMILES string of the molecule is C=CC(=O)OCOC(=O)C1CCC(C(=O)OC2CCC(C(=O)Oc3ccc(OC(=O)C4CCC(OC(=O)C5CCC(C(=O)OCOC(=O)C=C)CC5)CC4)c4c3SC(=C(C#N)C#N)S4)CC2)CC1. The molecular formula is C48H52N2O16S2. The van der Waals surface area contributed by atoms with E-state index in [9.17, 15) is 48.9 Å². The molecule has 1 aliphatic heterocycles. The molecule has 20 heteroatoms. The Labute approximate surface area is 401 Å². The third-order valence-electron chi connectivity index (χ3n) is 12.8. The van der Waals surface area contributed by atoms with Crippen molar-refractivity contribution in [2.75, 3.05) is 13.6 Å². The molecule has 1 heterocycles. The normalized spacial score (nSPS) is 25.2. The number of carbonyl (C=O) groups is 8. The molecule has 5 aliphatic rings. The minimum absolute atomic E-state index is 0.148. The van der Waals surface area contributed by atoms with Gasteiger partial charge in [0.15, 0.2) is 0 Å². The molecule has 0 saturated heterocycles. The summed E-state index contributed by atoms with van der Waals surface area (Å²) in [5.41, 5.74) is -0.148. The highest BCUT2D eigenvalue weighted by Gasteiger charge is 2.38. The zero-order valence-corrected chi connectivity index (χ0v) is 38.9. The average molecular weight is 977 g/mol. The zero-order valence-electron chi connectivity index (χ0n) is 37.3. The van der Waals surface area contributed by atoms with Gasteiger partial charge < -0.3 is 37.9 Å². The van der Waals surface area contributed by atoms with Gasteiger partial charge in [-0.3, -0.25) is 28.8 Å². The zero-order chi connectivity index (χ0) is 48.7. The van der Waals surface area contributed by atoms with Crippen molar-refractivity contribution in [1.82, 2.24) is 0 Å². The Bertz CT molecular complexity index is 2100. The molecule has 4 aliphatic carbocycles. The summed E-state index contributed by atoms with van der Waals surface area (Å²) < 4.78 is 43.2. The minimum atomic E-state index is -0.702. The van der Waals surface area contributed by atoms with E-state index in [0.717, 1.165) is 35.7 Å². The highest BCUT2D eigenvalue weighted by molar-refractivity contribution is 8.24. The molecule has 4 saturated carbocycles. The average Bonchev–Trinajstić information content (AvgIpc) is 3.81. The number of nitriles is 2. The lowest BCUT2D eigenvalue weighted by atomic mass is 9.82. The summed E-state index contributed by atoms with van der Waals surface area (Å²) in [6.45, 7) is 5.55. The van der Waals surface area contributed by atoms with Crippen LogP contribution in [0.15, 0.2) is 57.0 Å². The van der Waals surface area contributed by atoms with Crippen molar-refractivity contribution in [2.45, 2.75) is 125 Å². The lowest BCUT2D eigenvalue weighted by Crippen LogP contribution is -2.33. The number of hydrogen-bond donors (Lipinski definition) is 0. The summed E-state index contributed by atoms with van der Waals surface area (Å²) in [4.78, 5) is 101. The number of fused-ring (bicyclic) bond motifs is 1. The van der Waals surface area contributed by atoms with E-state index in [2.05, 4.69) is 13.2 Å². The number of rotatable bonds is 16. The maximum atomic E-state index is 13.5. The molecule has 1 aromatic rings. The first kappa shape index (κ1) is 51.3. The molecule has 0 aromatic heterocycles. The van der Waals surface area contributed by atoms with E-state index >= 15 is 0 Å². The Kier molecular flexibility index (Phi) is 18.7. The van der Waals surface area contributed by atoms with Crippen molar-refractivity contribution >= 4 is 71.3 Å². The van der Waals surface area contributed by atoms with Crippen molar-refractivity contribution in [3.05, 3.63) is 47.3 Å². The van der Waals surface area contributed by atoms with Gasteiger partial charge in [-0.15, -0.1) is 0 Å². The fraction of sp³-hybridized carbons (Fsp3) is 0.542. The number of benzene rings is 1. The first-order valence-electron chi connectivity index (χ1n) is 22.6. The second kappa shape index (κ2) is 24.8. The smallest absolute Gasteiger partial charge is 0.333 e. The number of thioether (sulfide) groups is 2. The summed E-state index contributed by atoms with van der Waals surface area (Å²) >= 11 is 2.14. The van der Waals surface area contributed by atoms with Crippen LogP contribution in [0.25, 0.3) is 0 Å². The Morgan fingerprint density at radius 2 is 0.794 bits per heavy atom. The van der Waals surface area contributed by atoms with Crippen LogP contribution >= 0.6 is 23.5 Å². The Morgan fingerprint density at radius 3 is 1.12 bits per heavy atom. The third kappa shape index (κ3) is 13.7. The molecule has 0 amide bonds. The van der Waals surface area contributed by atoms with Crippen LogP contribution in [-0.4, -0.2) is 73.5 Å². The maximum absolute atomic E-state index is 13.5. The lowest BCUT2D eigenvalue weighted by Gasteiger charge is -2.30. The lowest BCUT2D eigenvalue weighted by molar-refractivity contribution is -0.171. The molecule has 0 unspecified atom stereocenters. The van der Waals surface area contributed by atoms with E-state index in [1.807, 2.05) is 12.1 Å². The van der Waals surface area contributed by atoms with Crippen molar-refractivity contribution in [3.63, 3.8) is 0 Å². The molecule has 6 rings (SSSR count).